The highest BCUT2D eigenvalue weighted by molar-refractivity contribution is 4.61. The molecule has 0 aliphatic carbocycles. The molecule has 0 rings (SSSR count). The molecule has 0 aliphatic heterocycles. The van der Waals surface area contributed by atoms with Gasteiger partial charge in [0.15, 0.2) is 0 Å². The largest absolute Gasteiger partial charge is 0.303 e. The second-order valence-corrected chi connectivity index (χ2v) is 12.7. The Morgan fingerprint density at radius 2 is 0.368 bits per heavy atom. The quantitative estimate of drug-likeness (QED) is 0.0740. The van der Waals surface area contributed by atoms with E-state index in [-0.39, 0.29) is 0 Å². The smallest absolute Gasteiger partial charge is 0.00187 e. The van der Waals surface area contributed by atoms with Crippen molar-refractivity contribution in [2.45, 2.75) is 220 Å². The van der Waals surface area contributed by atoms with Gasteiger partial charge in [0.05, 0.1) is 0 Å². The Kier molecular flexibility index (Phi) is 35.0. The standard InChI is InChI=1S/C37H77N/c1-4-7-10-13-16-19-20-21-22-25-28-31-34-37-38(35-32-29-26-23-17-14-11-8-5-2)36-33-30-27-24-18-15-12-9-6-3/h4-37H2,1-3H3. The summed E-state index contributed by atoms with van der Waals surface area (Å²) in [5.41, 5.74) is 0. The molecule has 0 atom stereocenters. The number of unbranched alkanes of at least 4 members (excludes halogenated alkanes) is 28. The SMILES string of the molecule is CCCCCCCCCCCCCCCN(CCCCCCCCCCC)CCCCCCCCCCC. The van der Waals surface area contributed by atoms with Gasteiger partial charge >= 0.3 is 0 Å². The van der Waals surface area contributed by atoms with E-state index in [1.807, 2.05) is 0 Å². The highest BCUT2D eigenvalue weighted by atomic mass is 15.1. The fourth-order valence-corrected chi connectivity index (χ4v) is 5.98. The maximum Gasteiger partial charge on any atom is -0.00187 e. The molecule has 0 amide bonds. The monoisotopic (exact) mass is 536 g/mol. The molecule has 0 fully saturated rings. The van der Waals surface area contributed by atoms with Crippen molar-refractivity contribution in [3.8, 4) is 0 Å². The lowest BCUT2D eigenvalue weighted by Gasteiger charge is -2.22. The molecule has 1 nitrogen and oxygen atoms in total. The third kappa shape index (κ3) is 32.2. The van der Waals surface area contributed by atoms with Crippen LogP contribution in [0.3, 0.4) is 0 Å². The van der Waals surface area contributed by atoms with Crippen LogP contribution >= 0.6 is 0 Å². The summed E-state index contributed by atoms with van der Waals surface area (Å²) < 4.78 is 0. The average Bonchev–Trinajstić information content (AvgIpc) is 2.93. The third-order valence-electron chi connectivity index (χ3n) is 8.73. The molecule has 0 radical (unpaired) electrons. The van der Waals surface area contributed by atoms with E-state index in [2.05, 4.69) is 25.7 Å². The van der Waals surface area contributed by atoms with E-state index in [1.165, 1.54) is 219 Å². The summed E-state index contributed by atoms with van der Waals surface area (Å²) in [6.07, 6.45) is 45.1. The molecule has 0 heterocycles. The molecule has 0 unspecified atom stereocenters. The van der Waals surface area contributed by atoms with E-state index in [0.717, 1.165) is 0 Å². The van der Waals surface area contributed by atoms with Crippen molar-refractivity contribution < 1.29 is 0 Å². The van der Waals surface area contributed by atoms with Crippen LogP contribution in [0.5, 0.6) is 0 Å². The summed E-state index contributed by atoms with van der Waals surface area (Å²) in [7, 11) is 0. The van der Waals surface area contributed by atoms with E-state index in [9.17, 15) is 0 Å². The van der Waals surface area contributed by atoms with Crippen molar-refractivity contribution in [1.82, 2.24) is 4.90 Å². The first-order valence-electron chi connectivity index (χ1n) is 18.6. The molecule has 0 saturated carbocycles. The summed E-state index contributed by atoms with van der Waals surface area (Å²) in [5.74, 6) is 0. The maximum absolute atomic E-state index is 2.85. The van der Waals surface area contributed by atoms with E-state index < -0.39 is 0 Å². The van der Waals surface area contributed by atoms with Gasteiger partial charge in [0.2, 0.25) is 0 Å². The minimum atomic E-state index is 1.37. The van der Waals surface area contributed by atoms with E-state index in [1.54, 1.807) is 0 Å². The van der Waals surface area contributed by atoms with Gasteiger partial charge in [-0.2, -0.15) is 0 Å². The predicted molar refractivity (Wildman–Crippen MR) is 177 cm³/mol. The molecular formula is C37H77N. The maximum atomic E-state index is 2.85. The van der Waals surface area contributed by atoms with E-state index in [0.29, 0.717) is 0 Å². The lowest BCUT2D eigenvalue weighted by Crippen LogP contribution is -2.27. The van der Waals surface area contributed by atoms with Gasteiger partial charge in [-0.05, 0) is 38.9 Å². The minimum Gasteiger partial charge on any atom is -0.303 e. The van der Waals surface area contributed by atoms with Crippen LogP contribution in [-0.4, -0.2) is 24.5 Å². The molecule has 0 bridgehead atoms. The van der Waals surface area contributed by atoms with Crippen LogP contribution in [-0.2, 0) is 0 Å². The highest BCUT2D eigenvalue weighted by Gasteiger charge is 2.05. The van der Waals surface area contributed by atoms with Crippen LogP contribution < -0.4 is 0 Å². The zero-order valence-electron chi connectivity index (χ0n) is 27.5. The number of rotatable bonds is 34. The Hall–Kier alpha value is -0.0400. The van der Waals surface area contributed by atoms with Crippen molar-refractivity contribution in [2.24, 2.45) is 0 Å². The average molecular weight is 536 g/mol. The third-order valence-corrected chi connectivity index (χ3v) is 8.73. The Labute approximate surface area is 244 Å². The number of nitrogens with zero attached hydrogens (tertiary/aromatic N) is 1. The van der Waals surface area contributed by atoms with Gasteiger partial charge in [-0.3, -0.25) is 0 Å². The first kappa shape index (κ1) is 38.0. The lowest BCUT2D eigenvalue weighted by molar-refractivity contribution is 0.254. The van der Waals surface area contributed by atoms with Gasteiger partial charge in [-0.1, -0.05) is 201 Å². The van der Waals surface area contributed by atoms with Crippen molar-refractivity contribution in [2.75, 3.05) is 19.6 Å². The summed E-state index contributed by atoms with van der Waals surface area (Å²) in [4.78, 5) is 2.85. The first-order chi connectivity index (χ1) is 18.8. The normalized spacial score (nSPS) is 11.7. The summed E-state index contributed by atoms with van der Waals surface area (Å²) >= 11 is 0. The molecular weight excluding hydrogens is 458 g/mol. The van der Waals surface area contributed by atoms with Crippen LogP contribution in [0.25, 0.3) is 0 Å². The van der Waals surface area contributed by atoms with Gasteiger partial charge in [-0.15, -0.1) is 0 Å². The molecule has 0 aromatic heterocycles. The van der Waals surface area contributed by atoms with Gasteiger partial charge in [-0.25, -0.2) is 0 Å². The Bertz CT molecular complexity index is 370. The van der Waals surface area contributed by atoms with Crippen molar-refractivity contribution in [1.29, 1.82) is 0 Å². The van der Waals surface area contributed by atoms with Gasteiger partial charge in [0.25, 0.3) is 0 Å². The summed E-state index contributed by atoms with van der Waals surface area (Å²) in [5, 5.41) is 0. The molecule has 0 aromatic rings. The van der Waals surface area contributed by atoms with Crippen LogP contribution in [0.15, 0.2) is 0 Å². The molecule has 38 heavy (non-hydrogen) atoms. The van der Waals surface area contributed by atoms with Gasteiger partial charge in [0, 0.05) is 0 Å². The fraction of sp³-hybridized carbons (Fsp3) is 1.00. The van der Waals surface area contributed by atoms with Crippen molar-refractivity contribution in [3.63, 3.8) is 0 Å². The Morgan fingerprint density at radius 3 is 0.553 bits per heavy atom. The predicted octanol–water partition coefficient (Wildman–Crippen LogP) is 13.4. The van der Waals surface area contributed by atoms with Crippen molar-refractivity contribution in [3.05, 3.63) is 0 Å². The lowest BCUT2D eigenvalue weighted by atomic mass is 10.0. The molecule has 230 valence electrons. The zero-order chi connectivity index (χ0) is 27.6. The van der Waals surface area contributed by atoms with Crippen LogP contribution in [0.1, 0.15) is 220 Å². The summed E-state index contributed by atoms with van der Waals surface area (Å²) in [6, 6.07) is 0. The Balaban J connectivity index is 3.84. The molecule has 1 heteroatoms. The first-order valence-corrected chi connectivity index (χ1v) is 18.6. The second-order valence-electron chi connectivity index (χ2n) is 12.7. The molecule has 0 aliphatic rings. The highest BCUT2D eigenvalue weighted by Crippen LogP contribution is 2.15. The van der Waals surface area contributed by atoms with Crippen LogP contribution in [0, 0.1) is 0 Å². The Morgan fingerprint density at radius 1 is 0.211 bits per heavy atom. The molecule has 0 N–H and O–H groups in total. The van der Waals surface area contributed by atoms with Crippen LogP contribution in [0.4, 0.5) is 0 Å². The fourth-order valence-electron chi connectivity index (χ4n) is 5.98. The molecule has 0 aromatic carbocycles. The summed E-state index contributed by atoms with van der Waals surface area (Å²) in [6.45, 7) is 11.0. The minimum absolute atomic E-state index is 1.37. The van der Waals surface area contributed by atoms with E-state index >= 15 is 0 Å². The van der Waals surface area contributed by atoms with Gasteiger partial charge < -0.3 is 4.90 Å². The zero-order valence-corrected chi connectivity index (χ0v) is 27.5. The number of hydrogen-bond donors (Lipinski definition) is 0. The number of hydrogen-bond acceptors (Lipinski definition) is 1. The van der Waals surface area contributed by atoms with Gasteiger partial charge in [0.1, 0.15) is 0 Å². The molecule has 0 saturated heterocycles. The van der Waals surface area contributed by atoms with Crippen LogP contribution in [0.2, 0.25) is 0 Å². The van der Waals surface area contributed by atoms with Crippen molar-refractivity contribution >= 4 is 0 Å². The molecule has 0 spiro atoms. The van der Waals surface area contributed by atoms with E-state index in [4.69, 9.17) is 0 Å². The second kappa shape index (κ2) is 35.0. The topological polar surface area (TPSA) is 3.24 Å².